The van der Waals surface area contributed by atoms with Crippen molar-refractivity contribution in [1.29, 1.82) is 0 Å². The molecule has 1 aliphatic carbocycles. The number of carbonyl (C=O) groups is 1. The second-order valence-electron chi connectivity index (χ2n) is 5.23. The first-order chi connectivity index (χ1) is 9.16. The SMILES string of the molecule is O=C(O)C1CCCC(NCC(O)c2ccccc2)C1. The van der Waals surface area contributed by atoms with Crippen molar-refractivity contribution in [2.45, 2.75) is 37.8 Å². The summed E-state index contributed by atoms with van der Waals surface area (Å²) < 4.78 is 0. The highest BCUT2D eigenvalue weighted by Gasteiger charge is 2.26. The molecule has 3 atom stereocenters. The van der Waals surface area contributed by atoms with Gasteiger partial charge in [0.25, 0.3) is 0 Å². The molecule has 4 nitrogen and oxygen atoms in total. The Balaban J connectivity index is 1.80. The number of carboxylic acid groups (broad SMARTS) is 1. The Bertz CT molecular complexity index is 407. The fourth-order valence-electron chi connectivity index (χ4n) is 2.67. The minimum absolute atomic E-state index is 0.202. The molecule has 19 heavy (non-hydrogen) atoms. The standard InChI is InChI=1S/C15H21NO3/c17-14(11-5-2-1-3-6-11)10-16-13-8-4-7-12(9-13)15(18)19/h1-3,5-6,12-14,16-17H,4,7-10H2,(H,18,19). The van der Waals surface area contributed by atoms with E-state index in [4.69, 9.17) is 5.11 Å². The number of benzene rings is 1. The minimum Gasteiger partial charge on any atom is -0.481 e. The van der Waals surface area contributed by atoms with E-state index in [1.54, 1.807) is 0 Å². The summed E-state index contributed by atoms with van der Waals surface area (Å²) in [5, 5.41) is 22.4. The van der Waals surface area contributed by atoms with Gasteiger partial charge in [-0.05, 0) is 24.8 Å². The van der Waals surface area contributed by atoms with Gasteiger partial charge in [-0.1, -0.05) is 36.8 Å². The fourth-order valence-corrected chi connectivity index (χ4v) is 2.67. The van der Waals surface area contributed by atoms with E-state index >= 15 is 0 Å². The molecule has 0 bridgehead atoms. The maximum absolute atomic E-state index is 11.0. The van der Waals surface area contributed by atoms with E-state index in [2.05, 4.69) is 5.32 Å². The van der Waals surface area contributed by atoms with Crippen molar-refractivity contribution in [1.82, 2.24) is 5.32 Å². The topological polar surface area (TPSA) is 69.6 Å². The van der Waals surface area contributed by atoms with Crippen LogP contribution in [0.5, 0.6) is 0 Å². The van der Waals surface area contributed by atoms with Gasteiger partial charge in [0.2, 0.25) is 0 Å². The zero-order valence-corrected chi connectivity index (χ0v) is 11.0. The number of rotatable bonds is 5. The third-order valence-corrected chi connectivity index (χ3v) is 3.81. The summed E-state index contributed by atoms with van der Waals surface area (Å²) in [5.41, 5.74) is 0.889. The monoisotopic (exact) mass is 263 g/mol. The summed E-state index contributed by atoms with van der Waals surface area (Å²) in [6.07, 6.45) is 2.83. The average Bonchev–Trinajstić information content (AvgIpc) is 2.46. The maximum atomic E-state index is 11.0. The first-order valence-corrected chi connectivity index (χ1v) is 6.86. The van der Waals surface area contributed by atoms with Crippen LogP contribution in [0.15, 0.2) is 30.3 Å². The molecule has 0 saturated heterocycles. The van der Waals surface area contributed by atoms with Gasteiger partial charge in [-0.25, -0.2) is 0 Å². The zero-order chi connectivity index (χ0) is 13.7. The van der Waals surface area contributed by atoms with Crippen molar-refractivity contribution in [3.05, 3.63) is 35.9 Å². The highest BCUT2D eigenvalue weighted by atomic mass is 16.4. The quantitative estimate of drug-likeness (QED) is 0.759. The van der Waals surface area contributed by atoms with E-state index in [-0.39, 0.29) is 12.0 Å². The van der Waals surface area contributed by atoms with Crippen LogP contribution in [0.25, 0.3) is 0 Å². The molecule has 0 spiro atoms. The Morgan fingerprint density at radius 3 is 2.74 bits per heavy atom. The van der Waals surface area contributed by atoms with Crippen molar-refractivity contribution in [3.63, 3.8) is 0 Å². The Hall–Kier alpha value is -1.39. The van der Waals surface area contributed by atoms with Crippen LogP contribution in [0.2, 0.25) is 0 Å². The zero-order valence-electron chi connectivity index (χ0n) is 11.0. The Kier molecular flexibility index (Phi) is 4.93. The van der Waals surface area contributed by atoms with Crippen molar-refractivity contribution < 1.29 is 15.0 Å². The van der Waals surface area contributed by atoms with Gasteiger partial charge in [0, 0.05) is 12.6 Å². The van der Waals surface area contributed by atoms with E-state index in [1.807, 2.05) is 30.3 Å². The molecule has 3 unspecified atom stereocenters. The van der Waals surface area contributed by atoms with E-state index in [9.17, 15) is 9.90 Å². The van der Waals surface area contributed by atoms with Crippen LogP contribution in [0.4, 0.5) is 0 Å². The fraction of sp³-hybridized carbons (Fsp3) is 0.533. The van der Waals surface area contributed by atoms with E-state index in [0.717, 1.165) is 24.8 Å². The van der Waals surface area contributed by atoms with Crippen LogP contribution >= 0.6 is 0 Å². The third-order valence-electron chi connectivity index (χ3n) is 3.81. The van der Waals surface area contributed by atoms with Gasteiger partial charge in [-0.3, -0.25) is 4.79 Å². The number of hydrogen-bond acceptors (Lipinski definition) is 3. The molecule has 0 radical (unpaired) electrons. The van der Waals surface area contributed by atoms with Crippen LogP contribution in [-0.4, -0.2) is 28.8 Å². The molecule has 0 aromatic heterocycles. The predicted octanol–water partition coefficient (Wildman–Crippen LogP) is 1.95. The van der Waals surface area contributed by atoms with Crippen molar-refractivity contribution in [2.75, 3.05) is 6.54 Å². The molecule has 1 fully saturated rings. The molecule has 4 heteroatoms. The summed E-state index contributed by atoms with van der Waals surface area (Å²) in [6, 6.07) is 9.72. The number of carboxylic acids is 1. The summed E-state index contributed by atoms with van der Waals surface area (Å²) >= 11 is 0. The number of aliphatic hydroxyl groups excluding tert-OH is 1. The largest absolute Gasteiger partial charge is 0.481 e. The van der Waals surface area contributed by atoms with E-state index in [1.165, 1.54) is 0 Å². The van der Waals surface area contributed by atoms with E-state index in [0.29, 0.717) is 13.0 Å². The highest BCUT2D eigenvalue weighted by Crippen LogP contribution is 2.24. The molecule has 0 amide bonds. The van der Waals surface area contributed by atoms with Crippen LogP contribution < -0.4 is 5.32 Å². The van der Waals surface area contributed by atoms with Gasteiger partial charge < -0.3 is 15.5 Å². The van der Waals surface area contributed by atoms with Crippen molar-refractivity contribution in [3.8, 4) is 0 Å². The second-order valence-corrected chi connectivity index (χ2v) is 5.23. The summed E-state index contributed by atoms with van der Waals surface area (Å²) in [6.45, 7) is 0.473. The van der Waals surface area contributed by atoms with Gasteiger partial charge in [0.1, 0.15) is 0 Å². The van der Waals surface area contributed by atoms with Crippen LogP contribution in [0, 0.1) is 5.92 Å². The normalized spacial score (nSPS) is 24.9. The number of hydrogen-bond donors (Lipinski definition) is 3. The third kappa shape index (κ3) is 4.04. The van der Waals surface area contributed by atoms with Gasteiger partial charge in [-0.2, -0.15) is 0 Å². The van der Waals surface area contributed by atoms with Crippen LogP contribution in [-0.2, 0) is 4.79 Å². The van der Waals surface area contributed by atoms with Gasteiger partial charge in [0.05, 0.1) is 12.0 Å². The molecular formula is C15H21NO3. The minimum atomic E-state index is -0.699. The van der Waals surface area contributed by atoms with Crippen LogP contribution in [0.3, 0.4) is 0 Å². The molecule has 2 rings (SSSR count). The molecule has 3 N–H and O–H groups in total. The van der Waals surface area contributed by atoms with Gasteiger partial charge in [-0.15, -0.1) is 0 Å². The lowest BCUT2D eigenvalue weighted by Gasteiger charge is -2.28. The molecule has 1 aliphatic rings. The first kappa shape index (κ1) is 14.0. The van der Waals surface area contributed by atoms with Gasteiger partial charge >= 0.3 is 5.97 Å². The molecule has 0 heterocycles. The second kappa shape index (κ2) is 6.68. The molecule has 1 aromatic carbocycles. The summed E-state index contributed by atoms with van der Waals surface area (Å²) in [5.74, 6) is -0.935. The molecular weight excluding hydrogens is 242 g/mol. The maximum Gasteiger partial charge on any atom is 0.306 e. The average molecular weight is 263 g/mol. The molecule has 1 saturated carbocycles. The van der Waals surface area contributed by atoms with Crippen LogP contribution in [0.1, 0.15) is 37.4 Å². The Morgan fingerprint density at radius 2 is 2.05 bits per heavy atom. The molecule has 104 valence electrons. The first-order valence-electron chi connectivity index (χ1n) is 6.86. The molecule has 1 aromatic rings. The Morgan fingerprint density at radius 1 is 1.32 bits per heavy atom. The summed E-state index contributed by atoms with van der Waals surface area (Å²) in [4.78, 5) is 11.0. The molecule has 0 aliphatic heterocycles. The Labute approximate surface area is 113 Å². The lowest BCUT2D eigenvalue weighted by Crippen LogP contribution is -2.38. The lowest BCUT2D eigenvalue weighted by molar-refractivity contribution is -0.143. The number of aliphatic hydroxyl groups is 1. The summed E-state index contributed by atoms with van der Waals surface area (Å²) in [7, 11) is 0. The van der Waals surface area contributed by atoms with E-state index < -0.39 is 12.1 Å². The highest BCUT2D eigenvalue weighted by molar-refractivity contribution is 5.70. The predicted molar refractivity (Wildman–Crippen MR) is 72.8 cm³/mol. The van der Waals surface area contributed by atoms with Gasteiger partial charge in [0.15, 0.2) is 0 Å². The smallest absolute Gasteiger partial charge is 0.306 e. The van der Waals surface area contributed by atoms with Crippen molar-refractivity contribution >= 4 is 5.97 Å². The number of aliphatic carboxylic acids is 1. The number of nitrogens with one attached hydrogen (secondary N) is 1. The lowest BCUT2D eigenvalue weighted by atomic mass is 9.85. The van der Waals surface area contributed by atoms with Crippen molar-refractivity contribution in [2.24, 2.45) is 5.92 Å².